The van der Waals surface area contributed by atoms with E-state index in [1.54, 1.807) is 6.07 Å². The molecule has 2 aromatic carbocycles. The smallest absolute Gasteiger partial charge is 0.128 e. The van der Waals surface area contributed by atoms with Crippen LogP contribution in [0, 0.1) is 12.7 Å². The van der Waals surface area contributed by atoms with Gasteiger partial charge in [0.15, 0.2) is 0 Å². The molecule has 0 aliphatic carbocycles. The third-order valence-corrected chi connectivity index (χ3v) is 4.04. The molecule has 112 valence electrons. The molecule has 1 N–H and O–H groups in total. The first-order valence-corrected chi connectivity index (χ1v) is 7.71. The maximum absolute atomic E-state index is 14.2. The molecule has 2 rings (SSSR count). The number of benzene rings is 2. The first-order valence-electron chi connectivity index (χ1n) is 6.92. The molecule has 0 aromatic heterocycles. The van der Waals surface area contributed by atoms with Crippen LogP contribution in [0.15, 0.2) is 40.9 Å². The average Bonchev–Trinajstić information content (AvgIpc) is 2.44. The summed E-state index contributed by atoms with van der Waals surface area (Å²) >= 11 is 3.55. The van der Waals surface area contributed by atoms with Gasteiger partial charge in [-0.3, -0.25) is 0 Å². The van der Waals surface area contributed by atoms with Crippen LogP contribution in [0.2, 0.25) is 0 Å². The Hall–Kier alpha value is -1.39. The van der Waals surface area contributed by atoms with Crippen LogP contribution >= 0.6 is 15.9 Å². The highest BCUT2D eigenvalue weighted by Crippen LogP contribution is 2.32. The SMILES string of the molecule is CCOc1ccc(C(NC)c2ccc(C)cc2F)c(Br)c1. The van der Waals surface area contributed by atoms with E-state index in [9.17, 15) is 4.39 Å². The van der Waals surface area contributed by atoms with Crippen molar-refractivity contribution in [1.82, 2.24) is 5.32 Å². The third-order valence-electron chi connectivity index (χ3n) is 3.35. The predicted octanol–water partition coefficient (Wildman–Crippen LogP) is 4.60. The van der Waals surface area contributed by atoms with Gasteiger partial charge in [0.25, 0.3) is 0 Å². The van der Waals surface area contributed by atoms with Crippen LogP contribution in [-0.2, 0) is 0 Å². The highest BCUT2D eigenvalue weighted by Gasteiger charge is 2.19. The zero-order chi connectivity index (χ0) is 15.4. The van der Waals surface area contributed by atoms with Crippen molar-refractivity contribution in [3.8, 4) is 5.75 Å². The molecule has 0 radical (unpaired) electrons. The second-order valence-electron chi connectivity index (χ2n) is 4.86. The topological polar surface area (TPSA) is 21.3 Å². The molecular formula is C17H19BrFNO. The van der Waals surface area contributed by atoms with Crippen molar-refractivity contribution in [2.75, 3.05) is 13.7 Å². The van der Waals surface area contributed by atoms with Crippen LogP contribution in [0.4, 0.5) is 4.39 Å². The molecular weight excluding hydrogens is 333 g/mol. The fourth-order valence-electron chi connectivity index (χ4n) is 2.34. The van der Waals surface area contributed by atoms with E-state index in [2.05, 4.69) is 21.2 Å². The van der Waals surface area contributed by atoms with Gasteiger partial charge in [-0.05, 0) is 50.2 Å². The lowest BCUT2D eigenvalue weighted by Crippen LogP contribution is -2.19. The van der Waals surface area contributed by atoms with Gasteiger partial charge < -0.3 is 10.1 Å². The minimum atomic E-state index is -0.212. The van der Waals surface area contributed by atoms with E-state index in [1.165, 1.54) is 0 Å². The molecule has 21 heavy (non-hydrogen) atoms. The zero-order valence-corrected chi connectivity index (χ0v) is 14.0. The number of hydrogen-bond acceptors (Lipinski definition) is 2. The summed E-state index contributed by atoms with van der Waals surface area (Å²) in [7, 11) is 1.83. The summed E-state index contributed by atoms with van der Waals surface area (Å²) in [5.74, 6) is 0.600. The summed E-state index contributed by atoms with van der Waals surface area (Å²) in [5.41, 5.74) is 2.52. The van der Waals surface area contributed by atoms with Crippen molar-refractivity contribution in [2.24, 2.45) is 0 Å². The second kappa shape index (κ2) is 7.05. The molecule has 0 saturated heterocycles. The Labute approximate surface area is 133 Å². The van der Waals surface area contributed by atoms with Crippen molar-refractivity contribution >= 4 is 15.9 Å². The van der Waals surface area contributed by atoms with Crippen LogP contribution in [0.1, 0.15) is 29.7 Å². The molecule has 0 aliphatic heterocycles. The molecule has 0 amide bonds. The van der Waals surface area contributed by atoms with Crippen molar-refractivity contribution in [1.29, 1.82) is 0 Å². The molecule has 0 saturated carbocycles. The molecule has 0 aliphatic rings. The lowest BCUT2D eigenvalue weighted by Gasteiger charge is -2.20. The van der Waals surface area contributed by atoms with Gasteiger partial charge in [0.05, 0.1) is 12.6 Å². The summed E-state index contributed by atoms with van der Waals surface area (Å²) in [6.07, 6.45) is 0. The summed E-state index contributed by atoms with van der Waals surface area (Å²) in [4.78, 5) is 0. The van der Waals surface area contributed by atoms with Crippen LogP contribution in [-0.4, -0.2) is 13.7 Å². The molecule has 2 aromatic rings. The van der Waals surface area contributed by atoms with Crippen molar-refractivity contribution in [3.63, 3.8) is 0 Å². The molecule has 0 heterocycles. The fraction of sp³-hybridized carbons (Fsp3) is 0.294. The normalized spacial score (nSPS) is 12.2. The minimum Gasteiger partial charge on any atom is -0.494 e. The summed E-state index contributed by atoms with van der Waals surface area (Å²) in [6, 6.07) is 10.9. The predicted molar refractivity (Wildman–Crippen MR) is 87.4 cm³/mol. The van der Waals surface area contributed by atoms with E-state index in [4.69, 9.17) is 4.74 Å². The number of aryl methyl sites for hydroxylation is 1. The lowest BCUT2D eigenvalue weighted by molar-refractivity contribution is 0.340. The monoisotopic (exact) mass is 351 g/mol. The van der Waals surface area contributed by atoms with Gasteiger partial charge in [0.2, 0.25) is 0 Å². The first-order chi connectivity index (χ1) is 10.1. The maximum atomic E-state index is 14.2. The Balaban J connectivity index is 2.41. The van der Waals surface area contributed by atoms with Gasteiger partial charge in [-0.15, -0.1) is 0 Å². The van der Waals surface area contributed by atoms with Crippen LogP contribution < -0.4 is 10.1 Å². The van der Waals surface area contributed by atoms with Crippen LogP contribution in [0.3, 0.4) is 0 Å². The molecule has 1 atom stereocenters. The Morgan fingerprint density at radius 1 is 1.19 bits per heavy atom. The van der Waals surface area contributed by atoms with Gasteiger partial charge in [0.1, 0.15) is 11.6 Å². The first kappa shape index (κ1) is 16.0. The highest BCUT2D eigenvalue weighted by molar-refractivity contribution is 9.10. The van der Waals surface area contributed by atoms with E-state index in [1.807, 2.05) is 51.2 Å². The second-order valence-corrected chi connectivity index (χ2v) is 5.72. The molecule has 4 heteroatoms. The van der Waals surface area contributed by atoms with Crippen molar-refractivity contribution in [2.45, 2.75) is 19.9 Å². The van der Waals surface area contributed by atoms with E-state index in [0.717, 1.165) is 21.3 Å². The Kier molecular flexibility index (Phi) is 5.37. The summed E-state index contributed by atoms with van der Waals surface area (Å²) < 4.78 is 20.6. The van der Waals surface area contributed by atoms with Crippen molar-refractivity contribution < 1.29 is 9.13 Å². The lowest BCUT2D eigenvalue weighted by atomic mass is 9.97. The number of rotatable bonds is 5. The Morgan fingerprint density at radius 3 is 2.48 bits per heavy atom. The highest BCUT2D eigenvalue weighted by atomic mass is 79.9. The number of nitrogens with one attached hydrogen (secondary N) is 1. The fourth-order valence-corrected chi connectivity index (χ4v) is 2.93. The van der Waals surface area contributed by atoms with Gasteiger partial charge >= 0.3 is 0 Å². The molecule has 0 fully saturated rings. The quantitative estimate of drug-likeness (QED) is 0.849. The van der Waals surface area contributed by atoms with E-state index < -0.39 is 0 Å². The minimum absolute atomic E-state index is 0.199. The van der Waals surface area contributed by atoms with Gasteiger partial charge in [0, 0.05) is 10.0 Å². The Bertz CT molecular complexity index is 630. The molecule has 0 bridgehead atoms. The molecule has 1 unspecified atom stereocenters. The van der Waals surface area contributed by atoms with Gasteiger partial charge in [-0.2, -0.15) is 0 Å². The summed E-state index contributed by atoms with van der Waals surface area (Å²) in [6.45, 7) is 4.45. The molecule has 0 spiro atoms. The number of hydrogen-bond donors (Lipinski definition) is 1. The zero-order valence-electron chi connectivity index (χ0n) is 12.4. The standard InChI is InChI=1S/C17H19BrFNO/c1-4-21-12-6-8-13(15(18)10-12)17(20-3)14-7-5-11(2)9-16(14)19/h5-10,17,20H,4H2,1-3H3. The van der Waals surface area contributed by atoms with Gasteiger partial charge in [-0.1, -0.05) is 34.1 Å². The average molecular weight is 352 g/mol. The van der Waals surface area contributed by atoms with E-state index in [-0.39, 0.29) is 11.9 Å². The van der Waals surface area contributed by atoms with Crippen LogP contribution in [0.5, 0.6) is 5.75 Å². The number of halogens is 2. The van der Waals surface area contributed by atoms with E-state index >= 15 is 0 Å². The van der Waals surface area contributed by atoms with Gasteiger partial charge in [-0.25, -0.2) is 4.39 Å². The Morgan fingerprint density at radius 2 is 1.90 bits per heavy atom. The third kappa shape index (κ3) is 3.63. The molecule has 2 nitrogen and oxygen atoms in total. The summed E-state index contributed by atoms with van der Waals surface area (Å²) in [5, 5.41) is 3.18. The van der Waals surface area contributed by atoms with E-state index in [0.29, 0.717) is 12.2 Å². The van der Waals surface area contributed by atoms with Crippen LogP contribution in [0.25, 0.3) is 0 Å². The number of ether oxygens (including phenoxy) is 1. The largest absolute Gasteiger partial charge is 0.494 e. The van der Waals surface area contributed by atoms with Crippen molar-refractivity contribution in [3.05, 3.63) is 63.4 Å². The maximum Gasteiger partial charge on any atom is 0.128 e.